The van der Waals surface area contributed by atoms with Gasteiger partial charge in [-0.25, -0.2) is 4.79 Å². The molecule has 1 aromatic heterocycles. The van der Waals surface area contributed by atoms with Gasteiger partial charge in [-0.2, -0.15) is 0 Å². The van der Waals surface area contributed by atoms with E-state index in [1.54, 1.807) is 6.07 Å². The number of carbonyl (C=O) groups is 1. The molecule has 1 aliphatic rings. The minimum absolute atomic E-state index is 0. The minimum atomic E-state index is -1.04. The summed E-state index contributed by atoms with van der Waals surface area (Å²) in [6.45, 7) is 3.78. The van der Waals surface area contributed by atoms with Gasteiger partial charge in [-0.3, -0.25) is 0 Å². The van der Waals surface area contributed by atoms with Gasteiger partial charge in [-0.05, 0) is 19.2 Å². The number of rotatable bonds is 2. The lowest BCUT2D eigenvalue weighted by Crippen LogP contribution is -2.44. The quantitative estimate of drug-likeness (QED) is 0.826. The molecule has 2 heterocycles. The van der Waals surface area contributed by atoms with Crippen LogP contribution in [0.4, 0.5) is 5.82 Å². The highest BCUT2D eigenvalue weighted by Gasteiger charge is 2.16. The van der Waals surface area contributed by atoms with Crippen LogP contribution < -0.4 is 4.90 Å². The minimum Gasteiger partial charge on any atom is -0.476 e. The van der Waals surface area contributed by atoms with Gasteiger partial charge in [0.1, 0.15) is 0 Å². The zero-order valence-electron chi connectivity index (χ0n) is 9.54. The number of nitrogens with zero attached hydrogens (tertiary/aromatic N) is 4. The van der Waals surface area contributed by atoms with Crippen molar-refractivity contribution in [1.29, 1.82) is 0 Å². The number of anilines is 1. The fourth-order valence-corrected chi connectivity index (χ4v) is 1.64. The molecule has 0 amide bonds. The summed E-state index contributed by atoms with van der Waals surface area (Å²) in [6, 6.07) is 3.20. The summed E-state index contributed by atoms with van der Waals surface area (Å²) in [5.74, 6) is -0.296. The summed E-state index contributed by atoms with van der Waals surface area (Å²) < 4.78 is 0. The van der Waals surface area contributed by atoms with Crippen LogP contribution in [0.25, 0.3) is 0 Å². The van der Waals surface area contributed by atoms with E-state index in [1.807, 2.05) is 0 Å². The third-order valence-electron chi connectivity index (χ3n) is 2.70. The molecule has 1 N–H and O–H groups in total. The molecule has 1 saturated heterocycles. The van der Waals surface area contributed by atoms with E-state index < -0.39 is 5.97 Å². The van der Waals surface area contributed by atoms with Crippen LogP contribution in [0.3, 0.4) is 0 Å². The van der Waals surface area contributed by atoms with E-state index in [1.165, 1.54) is 6.07 Å². The maximum absolute atomic E-state index is 10.6. The van der Waals surface area contributed by atoms with Crippen molar-refractivity contribution in [3.05, 3.63) is 17.8 Å². The van der Waals surface area contributed by atoms with E-state index >= 15 is 0 Å². The Hall–Kier alpha value is -1.40. The van der Waals surface area contributed by atoms with E-state index in [2.05, 4.69) is 27.0 Å². The van der Waals surface area contributed by atoms with E-state index in [0.717, 1.165) is 32.0 Å². The lowest BCUT2D eigenvalue weighted by atomic mass is 10.3. The molecule has 0 bridgehead atoms. The Labute approximate surface area is 106 Å². The van der Waals surface area contributed by atoms with E-state index in [-0.39, 0.29) is 18.1 Å². The van der Waals surface area contributed by atoms with Crippen LogP contribution >= 0.6 is 12.4 Å². The number of halogens is 1. The van der Waals surface area contributed by atoms with Crippen molar-refractivity contribution in [3.63, 3.8) is 0 Å². The monoisotopic (exact) mass is 258 g/mol. The normalized spacial score (nSPS) is 16.4. The van der Waals surface area contributed by atoms with Gasteiger partial charge in [0.2, 0.25) is 0 Å². The number of carboxylic acids is 1. The fraction of sp³-hybridized carbons (Fsp3) is 0.500. The third kappa shape index (κ3) is 3.28. The summed E-state index contributed by atoms with van der Waals surface area (Å²) in [6.07, 6.45) is 0. The maximum Gasteiger partial charge on any atom is 0.356 e. The molecule has 1 fully saturated rings. The van der Waals surface area contributed by atoms with Crippen LogP contribution in [0.2, 0.25) is 0 Å². The molecule has 1 aromatic rings. The summed E-state index contributed by atoms with van der Waals surface area (Å²) >= 11 is 0. The Morgan fingerprint density at radius 2 is 1.88 bits per heavy atom. The summed E-state index contributed by atoms with van der Waals surface area (Å²) in [5.41, 5.74) is -0.0159. The van der Waals surface area contributed by atoms with Crippen molar-refractivity contribution in [2.75, 3.05) is 38.1 Å². The average Bonchev–Trinajstić information content (AvgIpc) is 2.30. The van der Waals surface area contributed by atoms with Crippen LogP contribution in [0.15, 0.2) is 12.1 Å². The Balaban J connectivity index is 0.00000144. The molecule has 0 spiro atoms. The lowest BCUT2D eigenvalue weighted by molar-refractivity contribution is 0.0689. The molecular weight excluding hydrogens is 244 g/mol. The first-order valence-electron chi connectivity index (χ1n) is 5.17. The highest BCUT2D eigenvalue weighted by Crippen LogP contribution is 2.11. The second-order valence-electron chi connectivity index (χ2n) is 3.87. The van der Waals surface area contributed by atoms with Gasteiger partial charge in [-0.1, -0.05) is 0 Å². The van der Waals surface area contributed by atoms with E-state index in [9.17, 15) is 4.79 Å². The van der Waals surface area contributed by atoms with E-state index in [4.69, 9.17) is 5.11 Å². The van der Waals surface area contributed by atoms with Gasteiger partial charge in [-0.15, -0.1) is 22.6 Å². The van der Waals surface area contributed by atoms with Gasteiger partial charge in [0.05, 0.1) is 0 Å². The molecule has 0 aromatic carbocycles. The Kier molecular flexibility index (Phi) is 4.65. The molecule has 0 radical (unpaired) electrons. The first-order chi connectivity index (χ1) is 7.66. The SMILES string of the molecule is CN1CCN(c2ccc(C(=O)O)nn2)CC1.Cl. The molecule has 0 unspecified atom stereocenters. The van der Waals surface area contributed by atoms with Gasteiger partial charge >= 0.3 is 5.97 Å². The predicted octanol–water partition coefficient (Wildman–Crippen LogP) is 0.348. The molecular formula is C10H15ClN4O2. The van der Waals surface area contributed by atoms with Gasteiger partial charge < -0.3 is 14.9 Å². The molecule has 0 saturated carbocycles. The molecule has 0 atom stereocenters. The standard InChI is InChI=1S/C10H14N4O2.ClH/c1-13-4-6-14(7-5-13)9-3-2-8(10(15)16)11-12-9;/h2-3H,4-7H2,1H3,(H,15,16);1H. The topological polar surface area (TPSA) is 69.6 Å². The van der Waals surface area contributed by atoms with Crippen molar-refractivity contribution in [1.82, 2.24) is 15.1 Å². The van der Waals surface area contributed by atoms with Crippen LogP contribution in [-0.2, 0) is 0 Å². The lowest BCUT2D eigenvalue weighted by Gasteiger charge is -2.32. The third-order valence-corrected chi connectivity index (χ3v) is 2.70. The smallest absolute Gasteiger partial charge is 0.356 e. The molecule has 94 valence electrons. The number of aromatic nitrogens is 2. The fourth-order valence-electron chi connectivity index (χ4n) is 1.64. The van der Waals surface area contributed by atoms with Crippen LogP contribution in [0.5, 0.6) is 0 Å². The van der Waals surface area contributed by atoms with Crippen molar-refractivity contribution in [3.8, 4) is 0 Å². The number of piperazine rings is 1. The zero-order valence-corrected chi connectivity index (χ0v) is 10.4. The van der Waals surface area contributed by atoms with Gasteiger partial charge in [0.15, 0.2) is 11.5 Å². The first kappa shape index (κ1) is 13.7. The van der Waals surface area contributed by atoms with Crippen molar-refractivity contribution in [2.45, 2.75) is 0 Å². The van der Waals surface area contributed by atoms with Gasteiger partial charge in [0, 0.05) is 26.2 Å². The molecule has 2 rings (SSSR count). The molecule has 7 heteroatoms. The molecule has 6 nitrogen and oxygen atoms in total. The van der Waals surface area contributed by atoms with Crippen molar-refractivity contribution < 1.29 is 9.90 Å². The van der Waals surface area contributed by atoms with Crippen LogP contribution in [0, 0.1) is 0 Å². The molecule has 1 aliphatic heterocycles. The summed E-state index contributed by atoms with van der Waals surface area (Å²) in [7, 11) is 2.08. The largest absolute Gasteiger partial charge is 0.476 e. The highest BCUT2D eigenvalue weighted by atomic mass is 35.5. The maximum atomic E-state index is 10.6. The number of likely N-dealkylation sites (N-methyl/N-ethyl adjacent to an activating group) is 1. The second kappa shape index (κ2) is 5.79. The number of carboxylic acid groups (broad SMARTS) is 1. The Morgan fingerprint density at radius 1 is 1.24 bits per heavy atom. The Bertz CT molecular complexity index is 376. The number of hydrogen-bond donors (Lipinski definition) is 1. The Morgan fingerprint density at radius 3 is 2.35 bits per heavy atom. The summed E-state index contributed by atoms with van der Waals surface area (Å²) in [4.78, 5) is 15.0. The second-order valence-corrected chi connectivity index (χ2v) is 3.87. The van der Waals surface area contributed by atoms with Crippen molar-refractivity contribution in [2.24, 2.45) is 0 Å². The zero-order chi connectivity index (χ0) is 11.5. The predicted molar refractivity (Wildman–Crippen MR) is 65.9 cm³/mol. The van der Waals surface area contributed by atoms with Crippen LogP contribution in [0.1, 0.15) is 10.5 Å². The van der Waals surface area contributed by atoms with Crippen LogP contribution in [-0.4, -0.2) is 59.4 Å². The van der Waals surface area contributed by atoms with Crippen molar-refractivity contribution >= 4 is 24.2 Å². The summed E-state index contributed by atoms with van der Waals surface area (Å²) in [5, 5.41) is 16.3. The van der Waals surface area contributed by atoms with Gasteiger partial charge in [0.25, 0.3) is 0 Å². The molecule has 17 heavy (non-hydrogen) atoms. The highest BCUT2D eigenvalue weighted by molar-refractivity contribution is 5.85. The molecule has 0 aliphatic carbocycles. The average molecular weight is 259 g/mol. The number of aromatic carboxylic acids is 1. The van der Waals surface area contributed by atoms with E-state index in [0.29, 0.717) is 0 Å². The first-order valence-corrected chi connectivity index (χ1v) is 5.17. The number of hydrogen-bond acceptors (Lipinski definition) is 5.